The van der Waals surface area contributed by atoms with E-state index in [1.165, 1.54) is 36.0 Å². The zero-order chi connectivity index (χ0) is 13.1. The molecule has 2 nitrogen and oxygen atoms in total. The summed E-state index contributed by atoms with van der Waals surface area (Å²) in [6, 6.07) is 7.21. The highest BCUT2D eigenvalue weighted by Gasteiger charge is 2.66. The number of nitrogens with two attached hydrogens (primary N) is 1. The molecule has 3 fully saturated rings. The molecule has 102 valence electrons. The Kier molecular flexibility index (Phi) is 2.55. The van der Waals surface area contributed by atoms with E-state index in [0.29, 0.717) is 6.04 Å². The lowest BCUT2D eigenvalue weighted by atomic mass is 9.92. The van der Waals surface area contributed by atoms with E-state index >= 15 is 0 Å². The van der Waals surface area contributed by atoms with Crippen molar-refractivity contribution >= 4 is 0 Å². The number of nitrogens with one attached hydrogen (secondary N) is 1. The summed E-state index contributed by atoms with van der Waals surface area (Å²) >= 11 is 0. The number of fused-ring (bicyclic) bond motifs is 5. The first-order valence-corrected chi connectivity index (χ1v) is 7.74. The molecule has 4 rings (SSSR count). The van der Waals surface area contributed by atoms with Crippen molar-refractivity contribution in [1.82, 2.24) is 5.43 Å². The molecule has 19 heavy (non-hydrogen) atoms. The number of hydrazine groups is 1. The predicted molar refractivity (Wildman–Crippen MR) is 77.3 cm³/mol. The van der Waals surface area contributed by atoms with Crippen molar-refractivity contribution in [3.8, 4) is 0 Å². The second-order valence-corrected chi connectivity index (χ2v) is 7.05. The quantitative estimate of drug-likeness (QED) is 0.644. The lowest BCUT2D eigenvalue weighted by Gasteiger charge is -2.21. The largest absolute Gasteiger partial charge is 0.271 e. The van der Waals surface area contributed by atoms with Crippen LogP contribution in [0.25, 0.3) is 0 Å². The maximum atomic E-state index is 5.90. The second-order valence-electron chi connectivity index (χ2n) is 7.05. The van der Waals surface area contributed by atoms with Crippen LogP contribution in [0.1, 0.15) is 42.0 Å². The van der Waals surface area contributed by atoms with Gasteiger partial charge in [0.2, 0.25) is 0 Å². The van der Waals surface area contributed by atoms with Gasteiger partial charge < -0.3 is 0 Å². The van der Waals surface area contributed by atoms with Crippen molar-refractivity contribution in [1.29, 1.82) is 0 Å². The maximum absolute atomic E-state index is 5.90. The Morgan fingerprint density at radius 2 is 1.79 bits per heavy atom. The topological polar surface area (TPSA) is 38.0 Å². The molecular formula is C17H24N2. The molecule has 0 spiro atoms. The Labute approximate surface area is 115 Å². The smallest absolute Gasteiger partial charge is 0.0493 e. The van der Waals surface area contributed by atoms with Crippen LogP contribution < -0.4 is 11.3 Å². The third-order valence-electron chi connectivity index (χ3n) is 6.25. The summed E-state index contributed by atoms with van der Waals surface area (Å²) in [5.41, 5.74) is 7.27. The summed E-state index contributed by atoms with van der Waals surface area (Å²) < 4.78 is 0. The predicted octanol–water partition coefficient (Wildman–Crippen LogP) is 3.10. The minimum absolute atomic E-state index is 0.373. The third-order valence-corrected chi connectivity index (χ3v) is 6.25. The number of hydrogen-bond acceptors (Lipinski definition) is 2. The van der Waals surface area contributed by atoms with Gasteiger partial charge >= 0.3 is 0 Å². The van der Waals surface area contributed by atoms with E-state index in [-0.39, 0.29) is 0 Å². The summed E-state index contributed by atoms with van der Waals surface area (Å²) in [7, 11) is 0. The molecular weight excluding hydrogens is 232 g/mol. The minimum atomic E-state index is 0.373. The highest BCUT2D eigenvalue weighted by atomic mass is 15.2. The maximum Gasteiger partial charge on any atom is 0.0493 e. The average Bonchev–Trinajstić information content (AvgIpc) is 2.82. The zero-order valence-electron chi connectivity index (χ0n) is 11.9. The van der Waals surface area contributed by atoms with E-state index in [9.17, 15) is 0 Å². The van der Waals surface area contributed by atoms with Crippen molar-refractivity contribution in [2.45, 2.75) is 39.2 Å². The van der Waals surface area contributed by atoms with E-state index in [4.69, 9.17) is 5.84 Å². The summed E-state index contributed by atoms with van der Waals surface area (Å²) in [5, 5.41) is 0. The molecule has 5 atom stereocenters. The van der Waals surface area contributed by atoms with E-state index < -0.39 is 0 Å². The molecule has 0 amide bonds. The fourth-order valence-electron chi connectivity index (χ4n) is 5.23. The lowest BCUT2D eigenvalue weighted by molar-refractivity contribution is 0.374. The van der Waals surface area contributed by atoms with Crippen molar-refractivity contribution in [3.63, 3.8) is 0 Å². The summed E-state index contributed by atoms with van der Waals surface area (Å²) in [6.07, 6.45) is 4.47. The highest BCUT2D eigenvalue weighted by Crippen LogP contribution is 2.72. The van der Waals surface area contributed by atoms with Gasteiger partial charge in [-0.1, -0.05) is 18.2 Å². The molecule has 2 heteroatoms. The van der Waals surface area contributed by atoms with Gasteiger partial charge in [0.05, 0.1) is 0 Å². The fourth-order valence-corrected chi connectivity index (χ4v) is 5.23. The molecule has 3 saturated carbocycles. The summed E-state index contributed by atoms with van der Waals surface area (Å²) in [4.78, 5) is 0. The Morgan fingerprint density at radius 3 is 2.37 bits per heavy atom. The van der Waals surface area contributed by atoms with Crippen molar-refractivity contribution < 1.29 is 0 Å². The van der Waals surface area contributed by atoms with Gasteiger partial charge in [-0.2, -0.15) is 0 Å². The van der Waals surface area contributed by atoms with Crippen LogP contribution in [0.2, 0.25) is 0 Å². The Hall–Kier alpha value is -0.860. The van der Waals surface area contributed by atoms with E-state index in [1.807, 2.05) is 0 Å². The molecule has 0 radical (unpaired) electrons. The van der Waals surface area contributed by atoms with E-state index in [0.717, 1.165) is 29.6 Å². The molecule has 3 aliphatic carbocycles. The van der Waals surface area contributed by atoms with Gasteiger partial charge in [0.25, 0.3) is 0 Å². The molecule has 0 aromatic heterocycles. The van der Waals surface area contributed by atoms with Gasteiger partial charge in [0.15, 0.2) is 0 Å². The average molecular weight is 256 g/mol. The number of aryl methyl sites for hydroxylation is 2. The fraction of sp³-hybridized carbons (Fsp3) is 0.647. The highest BCUT2D eigenvalue weighted by molar-refractivity contribution is 5.34. The van der Waals surface area contributed by atoms with Gasteiger partial charge in [-0.3, -0.25) is 11.3 Å². The summed E-state index contributed by atoms with van der Waals surface area (Å²) in [5.74, 6) is 10.7. The molecule has 1 aromatic carbocycles. The molecule has 0 heterocycles. The number of benzene rings is 1. The first-order valence-electron chi connectivity index (χ1n) is 7.74. The standard InChI is InChI=1S/C17H24N2/c1-9-3-4-13(7-10(9)2)17(19-18)16-14-11-5-6-12(8-11)15(14)16/h3-4,7,11-12,14-17,19H,5-6,8,18H2,1-2H3. The van der Waals surface area contributed by atoms with Crippen molar-refractivity contribution in [2.24, 2.45) is 35.4 Å². The van der Waals surface area contributed by atoms with Crippen LogP contribution in [0, 0.1) is 43.4 Å². The lowest BCUT2D eigenvalue weighted by Crippen LogP contribution is -2.31. The molecule has 2 bridgehead atoms. The number of hydrogen-bond donors (Lipinski definition) is 2. The van der Waals surface area contributed by atoms with Crippen LogP contribution in [0.5, 0.6) is 0 Å². The molecule has 5 unspecified atom stereocenters. The first kappa shape index (κ1) is 11.9. The molecule has 3 N–H and O–H groups in total. The Morgan fingerprint density at radius 1 is 1.11 bits per heavy atom. The van der Waals surface area contributed by atoms with Gasteiger partial charge in [-0.25, -0.2) is 0 Å². The van der Waals surface area contributed by atoms with E-state index in [2.05, 4.69) is 37.5 Å². The van der Waals surface area contributed by atoms with Crippen molar-refractivity contribution in [3.05, 3.63) is 34.9 Å². The minimum Gasteiger partial charge on any atom is -0.271 e. The normalized spacial score (nSPS) is 40.3. The van der Waals surface area contributed by atoms with Gasteiger partial charge in [0.1, 0.15) is 0 Å². The molecule has 0 saturated heterocycles. The van der Waals surface area contributed by atoms with Gasteiger partial charge in [0, 0.05) is 6.04 Å². The molecule has 0 aliphatic heterocycles. The van der Waals surface area contributed by atoms with Crippen LogP contribution in [0.15, 0.2) is 18.2 Å². The van der Waals surface area contributed by atoms with Crippen molar-refractivity contribution in [2.75, 3.05) is 0 Å². The SMILES string of the molecule is Cc1ccc(C(NN)C2C3C4CCC(C4)C32)cc1C. The zero-order valence-corrected chi connectivity index (χ0v) is 11.9. The van der Waals surface area contributed by atoms with Crippen LogP contribution >= 0.6 is 0 Å². The van der Waals surface area contributed by atoms with Crippen LogP contribution in [-0.2, 0) is 0 Å². The van der Waals surface area contributed by atoms with Crippen LogP contribution in [0.4, 0.5) is 0 Å². The number of rotatable bonds is 3. The Balaban J connectivity index is 1.61. The second kappa shape index (κ2) is 4.07. The molecule has 1 aromatic rings. The van der Waals surface area contributed by atoms with E-state index in [1.54, 1.807) is 0 Å². The van der Waals surface area contributed by atoms with Gasteiger partial charge in [-0.05, 0) is 79.4 Å². The monoisotopic (exact) mass is 256 g/mol. The van der Waals surface area contributed by atoms with Gasteiger partial charge in [-0.15, -0.1) is 0 Å². The Bertz CT molecular complexity index is 494. The van der Waals surface area contributed by atoms with Crippen LogP contribution in [-0.4, -0.2) is 0 Å². The first-order chi connectivity index (χ1) is 9.20. The third kappa shape index (κ3) is 1.63. The van der Waals surface area contributed by atoms with Crippen LogP contribution in [0.3, 0.4) is 0 Å². The molecule has 3 aliphatic rings. The summed E-state index contributed by atoms with van der Waals surface area (Å²) in [6.45, 7) is 4.37.